The predicted octanol–water partition coefficient (Wildman–Crippen LogP) is -0.240. The number of carbonyl (C=O) groups excluding carboxylic acids is 2. The molecular formula is C11H12BrN5O3. The van der Waals surface area contributed by atoms with Gasteiger partial charge in [-0.05, 0) is 28.1 Å². The van der Waals surface area contributed by atoms with Gasteiger partial charge in [0.15, 0.2) is 0 Å². The largest absolute Gasteiger partial charge is 0.370 e. The Labute approximate surface area is 121 Å². The number of aromatic nitrogens is 2. The molecule has 8 nitrogen and oxygen atoms in total. The third-order valence-electron chi connectivity index (χ3n) is 2.62. The highest BCUT2D eigenvalue weighted by atomic mass is 79.9. The number of anilines is 1. The van der Waals surface area contributed by atoms with Gasteiger partial charge in [0, 0.05) is 4.47 Å². The number of nitrogens with two attached hydrogens (primary N) is 2. The molecule has 9 heteroatoms. The number of primary amides is 1. The zero-order valence-electron chi connectivity index (χ0n) is 10.2. The van der Waals surface area contributed by atoms with Crippen LogP contribution in [0.1, 0.15) is 6.42 Å². The molecule has 1 aromatic heterocycles. The van der Waals surface area contributed by atoms with E-state index in [0.29, 0.717) is 21.2 Å². The first kappa shape index (κ1) is 14.3. The first-order valence-electron chi connectivity index (χ1n) is 5.63. The number of nitrogens with one attached hydrogen (secondary N) is 3. The maximum atomic E-state index is 11.8. The van der Waals surface area contributed by atoms with E-state index < -0.39 is 17.9 Å². The van der Waals surface area contributed by atoms with Crippen LogP contribution in [-0.4, -0.2) is 27.8 Å². The molecule has 0 saturated carbocycles. The zero-order chi connectivity index (χ0) is 14.9. The van der Waals surface area contributed by atoms with Gasteiger partial charge in [-0.2, -0.15) is 0 Å². The highest BCUT2D eigenvalue weighted by molar-refractivity contribution is 9.10. The van der Waals surface area contributed by atoms with Gasteiger partial charge in [0.2, 0.25) is 11.8 Å². The highest BCUT2D eigenvalue weighted by Gasteiger charge is 2.17. The standard InChI is InChI=1S/C11H12BrN5O3/c12-4-1-7-8(17-11(20)16-7)3-6(4)15-10(19)5(13)2-9(14)18/h1,3,5H,2,13H2,(H2,14,18)(H,15,19)(H2,16,17,20). The molecule has 1 aromatic carbocycles. The summed E-state index contributed by atoms with van der Waals surface area (Å²) in [5.41, 5.74) is 11.7. The molecule has 0 aliphatic heterocycles. The van der Waals surface area contributed by atoms with Crippen molar-refractivity contribution >= 4 is 44.5 Å². The number of H-pyrrole nitrogens is 2. The Morgan fingerprint density at radius 3 is 2.50 bits per heavy atom. The summed E-state index contributed by atoms with van der Waals surface area (Å²) in [6, 6.07) is 2.19. The van der Waals surface area contributed by atoms with Crippen molar-refractivity contribution in [3.63, 3.8) is 0 Å². The average Bonchev–Trinajstić information content (AvgIpc) is 2.67. The summed E-state index contributed by atoms with van der Waals surface area (Å²) in [6.45, 7) is 0. The van der Waals surface area contributed by atoms with Crippen LogP contribution >= 0.6 is 15.9 Å². The van der Waals surface area contributed by atoms with E-state index in [1.54, 1.807) is 12.1 Å². The molecule has 2 aromatic rings. The number of carbonyl (C=O) groups is 2. The fourth-order valence-corrected chi connectivity index (χ4v) is 2.13. The molecule has 0 spiro atoms. The number of benzene rings is 1. The fraction of sp³-hybridized carbons (Fsp3) is 0.182. The molecule has 0 aliphatic rings. The summed E-state index contributed by atoms with van der Waals surface area (Å²) < 4.78 is 0.569. The molecule has 0 fully saturated rings. The lowest BCUT2D eigenvalue weighted by Crippen LogP contribution is -2.39. The van der Waals surface area contributed by atoms with Gasteiger partial charge in [-0.15, -0.1) is 0 Å². The van der Waals surface area contributed by atoms with Crippen molar-refractivity contribution in [1.29, 1.82) is 0 Å². The van der Waals surface area contributed by atoms with Gasteiger partial charge in [0.1, 0.15) is 0 Å². The molecular weight excluding hydrogens is 330 g/mol. The molecule has 0 radical (unpaired) electrons. The maximum absolute atomic E-state index is 11.8. The predicted molar refractivity (Wildman–Crippen MR) is 77.0 cm³/mol. The van der Waals surface area contributed by atoms with Gasteiger partial charge in [-0.3, -0.25) is 9.59 Å². The minimum Gasteiger partial charge on any atom is -0.370 e. The third-order valence-corrected chi connectivity index (χ3v) is 3.28. The first-order chi connectivity index (χ1) is 9.36. The Morgan fingerprint density at radius 2 is 1.90 bits per heavy atom. The monoisotopic (exact) mass is 341 g/mol. The smallest absolute Gasteiger partial charge is 0.323 e. The number of fused-ring (bicyclic) bond motifs is 1. The lowest BCUT2D eigenvalue weighted by atomic mass is 10.2. The van der Waals surface area contributed by atoms with E-state index in [1.165, 1.54) is 0 Å². The molecule has 1 atom stereocenters. The molecule has 0 bridgehead atoms. The van der Waals surface area contributed by atoms with Crippen molar-refractivity contribution in [2.24, 2.45) is 11.5 Å². The summed E-state index contributed by atoms with van der Waals surface area (Å²) in [6.07, 6.45) is -0.243. The summed E-state index contributed by atoms with van der Waals surface area (Å²) in [4.78, 5) is 38.9. The van der Waals surface area contributed by atoms with E-state index in [0.717, 1.165) is 0 Å². The quantitative estimate of drug-likeness (QED) is 0.522. The Bertz CT molecular complexity index is 735. The second kappa shape index (κ2) is 5.47. The summed E-state index contributed by atoms with van der Waals surface area (Å²) in [5.74, 6) is -1.20. The number of rotatable bonds is 4. The van der Waals surface area contributed by atoms with E-state index in [4.69, 9.17) is 11.5 Å². The van der Waals surface area contributed by atoms with Crippen molar-refractivity contribution in [2.45, 2.75) is 12.5 Å². The number of hydrogen-bond donors (Lipinski definition) is 5. The Balaban J connectivity index is 2.24. The highest BCUT2D eigenvalue weighted by Crippen LogP contribution is 2.26. The van der Waals surface area contributed by atoms with E-state index in [1.807, 2.05) is 0 Å². The minimum absolute atomic E-state index is 0.243. The van der Waals surface area contributed by atoms with Crippen LogP contribution in [0.3, 0.4) is 0 Å². The molecule has 0 aliphatic carbocycles. The molecule has 7 N–H and O–H groups in total. The first-order valence-corrected chi connectivity index (χ1v) is 6.42. The van der Waals surface area contributed by atoms with Crippen molar-refractivity contribution in [3.8, 4) is 0 Å². The van der Waals surface area contributed by atoms with Crippen molar-refractivity contribution in [2.75, 3.05) is 5.32 Å². The summed E-state index contributed by atoms with van der Waals surface area (Å²) in [7, 11) is 0. The lowest BCUT2D eigenvalue weighted by molar-refractivity contribution is -0.123. The van der Waals surface area contributed by atoms with Crippen LogP contribution in [0.5, 0.6) is 0 Å². The van der Waals surface area contributed by atoms with Crippen LogP contribution in [0, 0.1) is 0 Å². The van der Waals surface area contributed by atoms with E-state index in [9.17, 15) is 14.4 Å². The minimum atomic E-state index is -1.03. The Kier molecular flexibility index (Phi) is 3.91. The van der Waals surface area contributed by atoms with Crippen molar-refractivity contribution in [3.05, 3.63) is 27.1 Å². The Hall–Kier alpha value is -2.13. The zero-order valence-corrected chi connectivity index (χ0v) is 11.8. The van der Waals surface area contributed by atoms with E-state index in [2.05, 4.69) is 31.2 Å². The van der Waals surface area contributed by atoms with Crippen LogP contribution in [0.2, 0.25) is 0 Å². The summed E-state index contributed by atoms with van der Waals surface area (Å²) in [5, 5.41) is 2.56. The summed E-state index contributed by atoms with van der Waals surface area (Å²) >= 11 is 3.27. The van der Waals surface area contributed by atoms with Crippen LogP contribution in [0.25, 0.3) is 11.0 Å². The Morgan fingerprint density at radius 1 is 1.30 bits per heavy atom. The molecule has 2 amide bonds. The normalized spacial score (nSPS) is 12.3. The number of halogens is 1. The molecule has 2 rings (SSSR count). The van der Waals surface area contributed by atoms with E-state index >= 15 is 0 Å². The maximum Gasteiger partial charge on any atom is 0.323 e. The SMILES string of the molecule is NC(=O)CC(N)C(=O)Nc1cc2[nH]c(=O)[nH]c2cc1Br. The third kappa shape index (κ3) is 3.06. The number of hydrogen-bond acceptors (Lipinski definition) is 4. The number of amides is 2. The van der Waals surface area contributed by atoms with Gasteiger partial charge in [0.25, 0.3) is 0 Å². The van der Waals surface area contributed by atoms with Gasteiger partial charge >= 0.3 is 5.69 Å². The van der Waals surface area contributed by atoms with Crippen molar-refractivity contribution < 1.29 is 9.59 Å². The van der Waals surface area contributed by atoms with Crippen LogP contribution < -0.4 is 22.5 Å². The molecule has 1 heterocycles. The molecule has 0 saturated heterocycles. The van der Waals surface area contributed by atoms with Gasteiger partial charge in [-0.25, -0.2) is 4.79 Å². The number of imidazole rings is 1. The fourth-order valence-electron chi connectivity index (χ4n) is 1.69. The molecule has 1 unspecified atom stereocenters. The number of aromatic amines is 2. The molecule has 20 heavy (non-hydrogen) atoms. The molecule has 106 valence electrons. The van der Waals surface area contributed by atoms with Crippen LogP contribution in [-0.2, 0) is 9.59 Å². The second-order valence-electron chi connectivity index (χ2n) is 4.22. The van der Waals surface area contributed by atoms with Gasteiger partial charge < -0.3 is 26.8 Å². The van der Waals surface area contributed by atoms with E-state index in [-0.39, 0.29) is 12.1 Å². The topological polar surface area (TPSA) is 147 Å². The van der Waals surface area contributed by atoms with Crippen LogP contribution in [0.4, 0.5) is 5.69 Å². The van der Waals surface area contributed by atoms with Crippen LogP contribution in [0.15, 0.2) is 21.4 Å². The second-order valence-corrected chi connectivity index (χ2v) is 5.08. The van der Waals surface area contributed by atoms with Gasteiger partial charge in [-0.1, -0.05) is 0 Å². The average molecular weight is 342 g/mol. The van der Waals surface area contributed by atoms with Gasteiger partial charge in [0.05, 0.1) is 29.2 Å². The van der Waals surface area contributed by atoms with Crippen molar-refractivity contribution in [1.82, 2.24) is 9.97 Å². The lowest BCUT2D eigenvalue weighted by Gasteiger charge is -2.12.